The summed E-state index contributed by atoms with van der Waals surface area (Å²) in [5.41, 5.74) is 5.47. The molecule has 0 saturated heterocycles. The highest BCUT2D eigenvalue weighted by atomic mass is 35.5. The minimum absolute atomic E-state index is 0.269. The molecule has 2 aromatic heterocycles. The van der Waals surface area contributed by atoms with E-state index in [1.807, 2.05) is 30.3 Å². The number of fused-ring (bicyclic) bond motifs is 1. The number of carbonyl (C=O) groups excluding carboxylic acids is 1. The van der Waals surface area contributed by atoms with Gasteiger partial charge in [0.25, 0.3) is 5.91 Å². The van der Waals surface area contributed by atoms with Crippen LogP contribution in [0.2, 0.25) is 5.02 Å². The topological polar surface area (TPSA) is 70.9 Å². The average molecular weight is 394 g/mol. The van der Waals surface area contributed by atoms with Crippen LogP contribution in [0, 0.1) is 20.8 Å². The molecular weight excluding hydrogens is 374 g/mol. The van der Waals surface area contributed by atoms with E-state index in [1.54, 1.807) is 13.8 Å². The Balaban J connectivity index is 1.69. The van der Waals surface area contributed by atoms with Crippen LogP contribution in [0.25, 0.3) is 22.2 Å². The highest BCUT2D eigenvalue weighted by Crippen LogP contribution is 2.33. The summed E-state index contributed by atoms with van der Waals surface area (Å²) in [6.07, 6.45) is 0. The number of hydrogen-bond donors (Lipinski definition) is 2. The van der Waals surface area contributed by atoms with Gasteiger partial charge in [-0.05, 0) is 42.7 Å². The van der Waals surface area contributed by atoms with E-state index in [4.69, 9.17) is 16.0 Å². The zero-order valence-electron chi connectivity index (χ0n) is 15.9. The number of aromatic amines is 1. The van der Waals surface area contributed by atoms with Crippen LogP contribution >= 0.6 is 11.6 Å². The minimum atomic E-state index is -0.269. The zero-order chi connectivity index (χ0) is 19.8. The molecule has 0 bridgehead atoms. The number of rotatable bonds is 4. The zero-order valence-corrected chi connectivity index (χ0v) is 16.6. The Kier molecular flexibility index (Phi) is 4.69. The summed E-state index contributed by atoms with van der Waals surface area (Å²) in [4.78, 5) is 20.1. The Hall–Kier alpha value is -3.05. The lowest BCUT2D eigenvalue weighted by Gasteiger charge is -2.07. The van der Waals surface area contributed by atoms with Crippen molar-refractivity contribution in [2.24, 2.45) is 0 Å². The van der Waals surface area contributed by atoms with Crippen molar-refractivity contribution in [2.75, 3.05) is 0 Å². The molecule has 6 heteroatoms. The van der Waals surface area contributed by atoms with E-state index in [2.05, 4.69) is 34.3 Å². The molecule has 0 unspecified atom stereocenters. The second-order valence-electron chi connectivity index (χ2n) is 6.80. The van der Waals surface area contributed by atoms with Crippen LogP contribution in [0.15, 0.2) is 46.9 Å². The number of carbonyl (C=O) groups is 1. The summed E-state index contributed by atoms with van der Waals surface area (Å²) in [6.45, 7) is 5.85. The number of halogens is 1. The number of aromatic nitrogens is 2. The van der Waals surface area contributed by atoms with Crippen LogP contribution in [0.3, 0.4) is 0 Å². The van der Waals surface area contributed by atoms with Crippen LogP contribution in [-0.4, -0.2) is 15.9 Å². The van der Waals surface area contributed by atoms with Crippen LogP contribution in [0.5, 0.6) is 0 Å². The molecule has 0 aliphatic carbocycles. The molecule has 4 rings (SSSR count). The second kappa shape index (κ2) is 7.17. The van der Waals surface area contributed by atoms with Gasteiger partial charge in [-0.2, -0.15) is 0 Å². The SMILES string of the molecule is Cc1nc(C(=O)NCc2cc(Cl)cc3c(C)c(-c4ccccc4)[nH]c23)c(C)o1. The second-order valence-corrected chi connectivity index (χ2v) is 7.24. The number of amides is 1. The molecule has 0 saturated carbocycles. The largest absolute Gasteiger partial charge is 0.445 e. The molecule has 1 amide bonds. The van der Waals surface area contributed by atoms with E-state index in [0.29, 0.717) is 28.9 Å². The molecule has 0 aliphatic rings. The van der Waals surface area contributed by atoms with Crippen LogP contribution in [0.4, 0.5) is 0 Å². The monoisotopic (exact) mass is 393 g/mol. The highest BCUT2D eigenvalue weighted by molar-refractivity contribution is 6.31. The van der Waals surface area contributed by atoms with Gasteiger partial charge in [0.15, 0.2) is 11.6 Å². The third-order valence-corrected chi connectivity index (χ3v) is 5.05. The van der Waals surface area contributed by atoms with Gasteiger partial charge in [-0.15, -0.1) is 0 Å². The van der Waals surface area contributed by atoms with Gasteiger partial charge in [0, 0.05) is 29.6 Å². The van der Waals surface area contributed by atoms with Crippen molar-refractivity contribution in [3.05, 3.63) is 76.0 Å². The Labute approximate surface area is 167 Å². The minimum Gasteiger partial charge on any atom is -0.445 e. The van der Waals surface area contributed by atoms with Crippen molar-refractivity contribution in [2.45, 2.75) is 27.3 Å². The summed E-state index contributed by atoms with van der Waals surface area (Å²) >= 11 is 6.36. The summed E-state index contributed by atoms with van der Waals surface area (Å²) in [6, 6.07) is 14.0. The van der Waals surface area contributed by atoms with E-state index in [0.717, 1.165) is 33.3 Å². The van der Waals surface area contributed by atoms with Crippen LogP contribution in [-0.2, 0) is 6.54 Å². The molecule has 4 aromatic rings. The number of benzene rings is 2. The fourth-order valence-electron chi connectivity index (χ4n) is 3.49. The maximum Gasteiger partial charge on any atom is 0.273 e. The fraction of sp³-hybridized carbons (Fsp3) is 0.182. The van der Waals surface area contributed by atoms with Crippen molar-refractivity contribution >= 4 is 28.4 Å². The maximum absolute atomic E-state index is 12.5. The predicted octanol–water partition coefficient (Wildman–Crippen LogP) is 5.33. The number of oxazole rings is 1. The van der Waals surface area contributed by atoms with E-state index >= 15 is 0 Å². The first kappa shape index (κ1) is 18.3. The predicted molar refractivity (Wildman–Crippen MR) is 111 cm³/mol. The molecule has 5 nitrogen and oxygen atoms in total. The smallest absolute Gasteiger partial charge is 0.273 e. The lowest BCUT2D eigenvalue weighted by atomic mass is 10.1. The van der Waals surface area contributed by atoms with Gasteiger partial charge < -0.3 is 14.7 Å². The molecule has 2 aromatic carbocycles. The normalized spacial score (nSPS) is 11.1. The number of H-pyrrole nitrogens is 1. The summed E-state index contributed by atoms with van der Waals surface area (Å²) < 4.78 is 5.35. The van der Waals surface area contributed by atoms with Crippen molar-refractivity contribution in [3.8, 4) is 11.3 Å². The van der Waals surface area contributed by atoms with Crippen molar-refractivity contribution in [3.63, 3.8) is 0 Å². The lowest BCUT2D eigenvalue weighted by Crippen LogP contribution is -2.24. The van der Waals surface area contributed by atoms with Crippen molar-refractivity contribution in [1.82, 2.24) is 15.3 Å². The Morgan fingerprint density at radius 1 is 1.18 bits per heavy atom. The quantitative estimate of drug-likeness (QED) is 0.492. The van der Waals surface area contributed by atoms with Gasteiger partial charge in [-0.1, -0.05) is 41.9 Å². The van der Waals surface area contributed by atoms with E-state index in [-0.39, 0.29) is 5.91 Å². The fourth-order valence-corrected chi connectivity index (χ4v) is 3.73. The average Bonchev–Trinajstić information content (AvgIpc) is 3.19. The maximum atomic E-state index is 12.5. The number of aryl methyl sites for hydroxylation is 3. The number of nitrogens with one attached hydrogen (secondary N) is 2. The standard InChI is InChI=1S/C22H20ClN3O2/c1-12-18-10-17(23)9-16(11-24-22(27)20-13(2)28-14(3)25-20)21(18)26-19(12)15-7-5-4-6-8-15/h4-10,26H,11H2,1-3H3,(H,24,27). The molecule has 0 radical (unpaired) electrons. The molecule has 0 aliphatic heterocycles. The molecule has 2 N–H and O–H groups in total. The van der Waals surface area contributed by atoms with Gasteiger partial charge >= 0.3 is 0 Å². The van der Waals surface area contributed by atoms with Crippen LogP contribution < -0.4 is 5.32 Å². The van der Waals surface area contributed by atoms with Crippen molar-refractivity contribution < 1.29 is 9.21 Å². The summed E-state index contributed by atoms with van der Waals surface area (Å²) in [7, 11) is 0. The molecule has 0 spiro atoms. The van der Waals surface area contributed by atoms with Gasteiger partial charge in [-0.3, -0.25) is 4.79 Å². The molecule has 28 heavy (non-hydrogen) atoms. The third-order valence-electron chi connectivity index (χ3n) is 4.83. The Morgan fingerprint density at radius 2 is 1.93 bits per heavy atom. The van der Waals surface area contributed by atoms with Gasteiger partial charge in [-0.25, -0.2) is 4.98 Å². The van der Waals surface area contributed by atoms with Gasteiger partial charge in [0.1, 0.15) is 5.76 Å². The van der Waals surface area contributed by atoms with E-state index < -0.39 is 0 Å². The number of nitrogens with zero attached hydrogens (tertiary/aromatic N) is 1. The first-order valence-electron chi connectivity index (χ1n) is 9.02. The summed E-state index contributed by atoms with van der Waals surface area (Å²) in [5.74, 6) is 0.711. The summed E-state index contributed by atoms with van der Waals surface area (Å²) in [5, 5.41) is 4.59. The molecular formula is C22H20ClN3O2. The van der Waals surface area contributed by atoms with Gasteiger partial charge in [0.05, 0.1) is 5.52 Å². The first-order chi connectivity index (χ1) is 13.4. The number of hydrogen-bond acceptors (Lipinski definition) is 3. The highest BCUT2D eigenvalue weighted by Gasteiger charge is 2.17. The lowest BCUT2D eigenvalue weighted by molar-refractivity contribution is 0.0945. The first-order valence-corrected chi connectivity index (χ1v) is 9.40. The van der Waals surface area contributed by atoms with Crippen molar-refractivity contribution in [1.29, 1.82) is 0 Å². The van der Waals surface area contributed by atoms with Gasteiger partial charge in [0.2, 0.25) is 0 Å². The molecule has 142 valence electrons. The molecule has 2 heterocycles. The van der Waals surface area contributed by atoms with E-state index in [9.17, 15) is 4.79 Å². The Morgan fingerprint density at radius 3 is 2.61 bits per heavy atom. The Bertz CT molecular complexity index is 1180. The third kappa shape index (κ3) is 3.29. The molecule has 0 atom stereocenters. The molecule has 0 fully saturated rings. The van der Waals surface area contributed by atoms with Crippen LogP contribution in [0.1, 0.15) is 33.3 Å². The van der Waals surface area contributed by atoms with E-state index in [1.165, 1.54) is 0 Å².